The van der Waals surface area contributed by atoms with Crippen molar-refractivity contribution in [2.24, 2.45) is 0 Å². The molecule has 0 saturated carbocycles. The molecule has 0 fully saturated rings. The van der Waals surface area contributed by atoms with Crippen molar-refractivity contribution in [1.29, 1.82) is 0 Å². The minimum Gasteiger partial charge on any atom is -0.344 e. The lowest BCUT2D eigenvalue weighted by Gasteiger charge is -2.19. The highest BCUT2D eigenvalue weighted by Gasteiger charge is 2.09. The van der Waals surface area contributed by atoms with Crippen molar-refractivity contribution in [2.75, 3.05) is 11.4 Å². The Balaban J connectivity index is 2.14. The van der Waals surface area contributed by atoms with Crippen LogP contribution in [0.5, 0.6) is 0 Å². The Hall–Kier alpha value is -1.75. The Labute approximate surface area is 104 Å². The van der Waals surface area contributed by atoms with Crippen LogP contribution in [-0.2, 0) is 6.54 Å². The van der Waals surface area contributed by atoms with Crippen LogP contribution in [0.2, 0.25) is 0 Å². The number of hydrogen-bond acceptors (Lipinski definition) is 5. The average molecular weight is 247 g/mol. The largest absolute Gasteiger partial charge is 0.344 e. The van der Waals surface area contributed by atoms with Crippen LogP contribution >= 0.6 is 11.3 Å². The monoisotopic (exact) mass is 247 g/mol. The molecule has 88 valence electrons. The molecule has 0 spiro atoms. The molecule has 17 heavy (non-hydrogen) atoms. The fourth-order valence-corrected chi connectivity index (χ4v) is 2.33. The van der Waals surface area contributed by atoms with Crippen molar-refractivity contribution in [3.8, 4) is 0 Å². The molecule has 2 aromatic rings. The molecule has 0 aliphatic rings. The third-order valence-electron chi connectivity index (χ3n) is 2.41. The normalized spacial score (nSPS) is 10.2. The SMILES string of the molecule is CCN(Cc1ccncc1)c1nc(C=O)cs1. The predicted octanol–water partition coefficient (Wildman–Crippen LogP) is 2.38. The highest BCUT2D eigenvalue weighted by Crippen LogP contribution is 2.21. The Morgan fingerprint density at radius 2 is 2.18 bits per heavy atom. The summed E-state index contributed by atoms with van der Waals surface area (Å²) in [6, 6.07) is 3.97. The van der Waals surface area contributed by atoms with Crippen LogP contribution in [0, 0.1) is 0 Å². The molecular formula is C12H13N3OS. The van der Waals surface area contributed by atoms with E-state index in [4.69, 9.17) is 0 Å². The highest BCUT2D eigenvalue weighted by atomic mass is 32.1. The first-order valence-corrected chi connectivity index (χ1v) is 6.26. The number of carbonyl (C=O) groups excluding carboxylic acids is 1. The lowest BCUT2D eigenvalue weighted by atomic mass is 10.2. The van der Waals surface area contributed by atoms with E-state index in [2.05, 4.69) is 21.8 Å². The van der Waals surface area contributed by atoms with Crippen LogP contribution < -0.4 is 4.90 Å². The summed E-state index contributed by atoms with van der Waals surface area (Å²) < 4.78 is 0. The molecule has 2 rings (SSSR count). The number of rotatable bonds is 5. The van der Waals surface area contributed by atoms with Gasteiger partial charge in [0.2, 0.25) is 0 Å². The van der Waals surface area contributed by atoms with Gasteiger partial charge in [-0.25, -0.2) is 4.98 Å². The third-order valence-corrected chi connectivity index (χ3v) is 3.33. The molecule has 0 aromatic carbocycles. The quantitative estimate of drug-likeness (QED) is 0.761. The fraction of sp³-hybridized carbons (Fsp3) is 0.250. The van der Waals surface area contributed by atoms with Gasteiger partial charge in [-0.1, -0.05) is 0 Å². The Morgan fingerprint density at radius 3 is 2.76 bits per heavy atom. The van der Waals surface area contributed by atoms with Crippen molar-refractivity contribution in [3.63, 3.8) is 0 Å². The number of aromatic nitrogens is 2. The van der Waals surface area contributed by atoms with Crippen LogP contribution in [0.4, 0.5) is 5.13 Å². The van der Waals surface area contributed by atoms with Gasteiger partial charge in [-0.15, -0.1) is 11.3 Å². The summed E-state index contributed by atoms with van der Waals surface area (Å²) >= 11 is 1.49. The molecule has 2 heterocycles. The van der Waals surface area contributed by atoms with Crippen LogP contribution in [0.25, 0.3) is 0 Å². The van der Waals surface area contributed by atoms with E-state index in [1.165, 1.54) is 16.9 Å². The number of pyridine rings is 1. The molecule has 0 aliphatic heterocycles. The van der Waals surface area contributed by atoms with E-state index >= 15 is 0 Å². The number of carbonyl (C=O) groups is 1. The van der Waals surface area contributed by atoms with E-state index in [9.17, 15) is 4.79 Å². The highest BCUT2D eigenvalue weighted by molar-refractivity contribution is 7.13. The minimum atomic E-state index is 0.498. The lowest BCUT2D eigenvalue weighted by Crippen LogP contribution is -2.21. The van der Waals surface area contributed by atoms with Gasteiger partial charge in [0.05, 0.1) is 0 Å². The number of nitrogens with zero attached hydrogens (tertiary/aromatic N) is 3. The molecular weight excluding hydrogens is 234 g/mol. The summed E-state index contributed by atoms with van der Waals surface area (Å²) in [5, 5.41) is 2.66. The smallest absolute Gasteiger partial charge is 0.186 e. The lowest BCUT2D eigenvalue weighted by molar-refractivity contribution is 0.111. The first-order chi connectivity index (χ1) is 8.33. The summed E-state index contributed by atoms with van der Waals surface area (Å²) in [7, 11) is 0. The van der Waals surface area contributed by atoms with Gasteiger partial charge < -0.3 is 4.90 Å². The second-order valence-electron chi connectivity index (χ2n) is 3.54. The number of hydrogen-bond donors (Lipinski definition) is 0. The van der Waals surface area contributed by atoms with Crippen LogP contribution in [0.3, 0.4) is 0 Å². The third kappa shape index (κ3) is 2.88. The van der Waals surface area contributed by atoms with E-state index in [0.717, 1.165) is 24.5 Å². The zero-order valence-electron chi connectivity index (χ0n) is 9.54. The molecule has 0 atom stereocenters. The number of thiazole rings is 1. The molecule has 0 saturated heterocycles. The zero-order valence-corrected chi connectivity index (χ0v) is 10.4. The Kier molecular flexibility index (Phi) is 3.82. The van der Waals surface area contributed by atoms with Crippen LogP contribution in [0.15, 0.2) is 29.9 Å². The summed E-state index contributed by atoms with van der Waals surface area (Å²) in [5.41, 5.74) is 1.68. The first-order valence-electron chi connectivity index (χ1n) is 5.38. The van der Waals surface area contributed by atoms with E-state index in [1.807, 2.05) is 12.1 Å². The number of anilines is 1. The van der Waals surface area contributed by atoms with Gasteiger partial charge in [-0.05, 0) is 24.6 Å². The summed E-state index contributed by atoms with van der Waals surface area (Å²) in [5.74, 6) is 0. The Morgan fingerprint density at radius 1 is 1.41 bits per heavy atom. The van der Waals surface area contributed by atoms with Crippen molar-refractivity contribution >= 4 is 22.8 Å². The topological polar surface area (TPSA) is 46.1 Å². The molecule has 0 radical (unpaired) electrons. The van der Waals surface area contributed by atoms with Crippen LogP contribution in [-0.4, -0.2) is 22.8 Å². The first kappa shape index (κ1) is 11.7. The second-order valence-corrected chi connectivity index (χ2v) is 4.38. The standard InChI is InChI=1S/C12H13N3OS/c1-2-15(7-10-3-5-13-6-4-10)12-14-11(8-16)9-17-12/h3-6,8-9H,2,7H2,1H3. The Bertz CT molecular complexity index is 484. The molecule has 0 aliphatic carbocycles. The van der Waals surface area contributed by atoms with Gasteiger partial charge in [-0.3, -0.25) is 9.78 Å². The van der Waals surface area contributed by atoms with E-state index in [1.54, 1.807) is 17.8 Å². The molecule has 5 heteroatoms. The van der Waals surface area contributed by atoms with Gasteiger partial charge >= 0.3 is 0 Å². The summed E-state index contributed by atoms with van der Waals surface area (Å²) in [4.78, 5) is 21.0. The van der Waals surface area contributed by atoms with E-state index in [-0.39, 0.29) is 0 Å². The van der Waals surface area contributed by atoms with Crippen molar-refractivity contribution in [3.05, 3.63) is 41.2 Å². The molecule has 2 aromatic heterocycles. The van der Waals surface area contributed by atoms with Gasteiger partial charge in [0.15, 0.2) is 11.4 Å². The van der Waals surface area contributed by atoms with Crippen molar-refractivity contribution < 1.29 is 4.79 Å². The molecule has 0 N–H and O–H groups in total. The molecule has 0 bridgehead atoms. The van der Waals surface area contributed by atoms with Gasteiger partial charge in [-0.2, -0.15) is 0 Å². The predicted molar refractivity (Wildman–Crippen MR) is 68.5 cm³/mol. The van der Waals surface area contributed by atoms with Gasteiger partial charge in [0.25, 0.3) is 0 Å². The number of aldehydes is 1. The summed E-state index contributed by atoms with van der Waals surface area (Å²) in [6.07, 6.45) is 4.34. The van der Waals surface area contributed by atoms with E-state index < -0.39 is 0 Å². The maximum absolute atomic E-state index is 10.6. The minimum absolute atomic E-state index is 0.498. The molecule has 0 unspecified atom stereocenters. The second kappa shape index (κ2) is 5.54. The maximum atomic E-state index is 10.6. The average Bonchev–Trinajstić information content (AvgIpc) is 2.86. The van der Waals surface area contributed by atoms with E-state index in [0.29, 0.717) is 5.69 Å². The van der Waals surface area contributed by atoms with Crippen molar-refractivity contribution in [1.82, 2.24) is 9.97 Å². The maximum Gasteiger partial charge on any atom is 0.186 e. The van der Waals surface area contributed by atoms with Crippen molar-refractivity contribution in [2.45, 2.75) is 13.5 Å². The molecule has 4 nitrogen and oxygen atoms in total. The van der Waals surface area contributed by atoms with Gasteiger partial charge in [0, 0.05) is 30.9 Å². The van der Waals surface area contributed by atoms with Gasteiger partial charge in [0.1, 0.15) is 5.69 Å². The molecule has 0 amide bonds. The zero-order chi connectivity index (χ0) is 12.1. The summed E-state index contributed by atoms with van der Waals surface area (Å²) in [6.45, 7) is 3.71. The fourth-order valence-electron chi connectivity index (χ4n) is 1.50. The van der Waals surface area contributed by atoms with Crippen LogP contribution in [0.1, 0.15) is 23.0 Å².